The molecule has 1 unspecified atom stereocenters. The quantitative estimate of drug-likeness (QED) is 0.815. The van der Waals surface area contributed by atoms with Gasteiger partial charge in [-0.2, -0.15) is 0 Å². The van der Waals surface area contributed by atoms with Gasteiger partial charge >= 0.3 is 5.97 Å². The summed E-state index contributed by atoms with van der Waals surface area (Å²) in [6, 6.07) is 5.39. The van der Waals surface area contributed by atoms with E-state index < -0.39 is 12.0 Å². The Labute approximate surface area is 101 Å². The zero-order valence-electron chi connectivity index (χ0n) is 9.91. The van der Waals surface area contributed by atoms with Crippen LogP contribution in [0.5, 0.6) is 0 Å². The SMILES string of the molecule is CN1CCN(Cc2ccccn2)CC1C(=O)O. The van der Waals surface area contributed by atoms with Crippen molar-refractivity contribution in [2.24, 2.45) is 0 Å². The van der Waals surface area contributed by atoms with Gasteiger partial charge in [-0.15, -0.1) is 0 Å². The number of carboxylic acid groups (broad SMARTS) is 1. The van der Waals surface area contributed by atoms with E-state index in [4.69, 9.17) is 5.11 Å². The predicted octanol–water partition coefficient (Wildman–Crippen LogP) is 0.282. The summed E-state index contributed by atoms with van der Waals surface area (Å²) < 4.78 is 0. The van der Waals surface area contributed by atoms with Gasteiger partial charge in [-0.3, -0.25) is 19.6 Å². The number of aromatic nitrogens is 1. The molecular weight excluding hydrogens is 218 g/mol. The zero-order valence-corrected chi connectivity index (χ0v) is 9.91. The summed E-state index contributed by atoms with van der Waals surface area (Å²) in [6.07, 6.45) is 1.76. The molecule has 1 aliphatic rings. The largest absolute Gasteiger partial charge is 0.480 e. The number of likely N-dealkylation sites (N-methyl/N-ethyl adjacent to an activating group) is 1. The fraction of sp³-hybridized carbons (Fsp3) is 0.500. The Morgan fingerprint density at radius 3 is 3.00 bits per heavy atom. The lowest BCUT2D eigenvalue weighted by Crippen LogP contribution is -2.54. The molecule has 0 aromatic carbocycles. The van der Waals surface area contributed by atoms with E-state index in [1.54, 1.807) is 6.20 Å². The molecule has 5 nitrogen and oxygen atoms in total. The number of piperazine rings is 1. The van der Waals surface area contributed by atoms with Crippen molar-refractivity contribution in [3.8, 4) is 0 Å². The first kappa shape index (κ1) is 12.0. The highest BCUT2D eigenvalue weighted by Crippen LogP contribution is 2.10. The maximum Gasteiger partial charge on any atom is 0.322 e. The molecule has 1 aromatic heterocycles. The van der Waals surface area contributed by atoms with Crippen LogP contribution in [-0.4, -0.2) is 58.6 Å². The minimum Gasteiger partial charge on any atom is -0.480 e. The van der Waals surface area contributed by atoms with Gasteiger partial charge in [0.25, 0.3) is 0 Å². The summed E-state index contributed by atoms with van der Waals surface area (Å²) in [5.74, 6) is -0.752. The van der Waals surface area contributed by atoms with Gasteiger partial charge in [0.15, 0.2) is 0 Å². The van der Waals surface area contributed by atoms with Crippen molar-refractivity contribution < 1.29 is 9.90 Å². The van der Waals surface area contributed by atoms with Crippen molar-refractivity contribution >= 4 is 5.97 Å². The number of carbonyl (C=O) groups is 1. The monoisotopic (exact) mass is 235 g/mol. The topological polar surface area (TPSA) is 56.7 Å². The molecule has 1 N–H and O–H groups in total. The van der Waals surface area contributed by atoms with E-state index in [1.807, 2.05) is 30.1 Å². The van der Waals surface area contributed by atoms with Gasteiger partial charge < -0.3 is 5.11 Å². The van der Waals surface area contributed by atoms with E-state index >= 15 is 0 Å². The van der Waals surface area contributed by atoms with Crippen LogP contribution in [-0.2, 0) is 11.3 Å². The third kappa shape index (κ3) is 3.01. The van der Waals surface area contributed by atoms with Gasteiger partial charge in [0.2, 0.25) is 0 Å². The highest BCUT2D eigenvalue weighted by atomic mass is 16.4. The minimum absolute atomic E-state index is 0.410. The van der Waals surface area contributed by atoms with Gasteiger partial charge in [0.1, 0.15) is 6.04 Å². The molecule has 2 rings (SSSR count). The Bertz CT molecular complexity index is 383. The lowest BCUT2D eigenvalue weighted by Gasteiger charge is -2.36. The number of nitrogens with zero attached hydrogens (tertiary/aromatic N) is 3. The fourth-order valence-electron chi connectivity index (χ4n) is 2.06. The molecule has 0 spiro atoms. The van der Waals surface area contributed by atoms with E-state index in [9.17, 15) is 4.79 Å². The van der Waals surface area contributed by atoms with Crippen LogP contribution >= 0.6 is 0 Å². The molecular formula is C12H17N3O2. The van der Waals surface area contributed by atoms with Crippen LogP contribution in [0, 0.1) is 0 Å². The smallest absolute Gasteiger partial charge is 0.322 e. The fourth-order valence-corrected chi connectivity index (χ4v) is 2.06. The first-order chi connectivity index (χ1) is 8.16. The molecule has 1 fully saturated rings. The molecule has 1 aliphatic heterocycles. The summed E-state index contributed by atoms with van der Waals surface area (Å²) >= 11 is 0. The molecule has 1 saturated heterocycles. The molecule has 0 amide bonds. The van der Waals surface area contributed by atoms with Crippen molar-refractivity contribution in [2.75, 3.05) is 26.7 Å². The zero-order chi connectivity index (χ0) is 12.3. The van der Waals surface area contributed by atoms with E-state index in [2.05, 4.69) is 9.88 Å². The predicted molar refractivity (Wildman–Crippen MR) is 63.6 cm³/mol. The lowest BCUT2D eigenvalue weighted by atomic mass is 10.1. The summed E-state index contributed by atoms with van der Waals surface area (Å²) in [6.45, 7) is 2.95. The van der Waals surface area contributed by atoms with Crippen LogP contribution in [0.25, 0.3) is 0 Å². The summed E-state index contributed by atoms with van der Waals surface area (Å²) in [5, 5.41) is 9.11. The maximum absolute atomic E-state index is 11.1. The van der Waals surface area contributed by atoms with Crippen LogP contribution in [0.4, 0.5) is 0 Å². The van der Waals surface area contributed by atoms with Crippen LogP contribution in [0.2, 0.25) is 0 Å². The molecule has 17 heavy (non-hydrogen) atoms. The first-order valence-corrected chi connectivity index (χ1v) is 5.72. The average molecular weight is 235 g/mol. The van der Waals surface area contributed by atoms with Crippen LogP contribution in [0.3, 0.4) is 0 Å². The molecule has 5 heteroatoms. The number of hydrogen-bond acceptors (Lipinski definition) is 4. The van der Waals surface area contributed by atoms with E-state index in [-0.39, 0.29) is 0 Å². The number of rotatable bonds is 3. The Balaban J connectivity index is 1.97. The van der Waals surface area contributed by atoms with Crippen LogP contribution in [0.15, 0.2) is 24.4 Å². The molecule has 1 aromatic rings. The number of aliphatic carboxylic acids is 1. The van der Waals surface area contributed by atoms with Crippen molar-refractivity contribution in [3.05, 3.63) is 30.1 Å². The normalized spacial score (nSPS) is 22.5. The van der Waals surface area contributed by atoms with Gasteiger partial charge in [0, 0.05) is 32.4 Å². The Morgan fingerprint density at radius 2 is 2.35 bits per heavy atom. The number of pyridine rings is 1. The van der Waals surface area contributed by atoms with Crippen molar-refractivity contribution in [2.45, 2.75) is 12.6 Å². The Morgan fingerprint density at radius 1 is 1.53 bits per heavy atom. The maximum atomic E-state index is 11.1. The average Bonchev–Trinajstić information content (AvgIpc) is 2.32. The van der Waals surface area contributed by atoms with Gasteiger partial charge in [0.05, 0.1) is 5.69 Å². The van der Waals surface area contributed by atoms with E-state index in [1.165, 1.54) is 0 Å². The van der Waals surface area contributed by atoms with Crippen molar-refractivity contribution in [1.29, 1.82) is 0 Å². The summed E-state index contributed by atoms with van der Waals surface area (Å²) in [5.41, 5.74) is 0.987. The standard InChI is InChI=1S/C12H17N3O2/c1-14-6-7-15(9-11(14)12(16)17)8-10-4-2-3-5-13-10/h2-5,11H,6-9H2,1H3,(H,16,17). The summed E-state index contributed by atoms with van der Waals surface area (Å²) in [7, 11) is 1.86. The second-order valence-corrected chi connectivity index (χ2v) is 4.39. The van der Waals surface area contributed by atoms with Crippen molar-refractivity contribution in [3.63, 3.8) is 0 Å². The third-order valence-corrected chi connectivity index (χ3v) is 3.13. The molecule has 0 radical (unpaired) electrons. The molecule has 0 aliphatic carbocycles. The first-order valence-electron chi connectivity index (χ1n) is 5.72. The summed E-state index contributed by atoms with van der Waals surface area (Å²) in [4.78, 5) is 19.4. The molecule has 0 saturated carbocycles. The van der Waals surface area contributed by atoms with Gasteiger partial charge in [-0.05, 0) is 19.2 Å². The van der Waals surface area contributed by atoms with E-state index in [0.717, 1.165) is 25.3 Å². The molecule has 1 atom stereocenters. The highest BCUT2D eigenvalue weighted by Gasteiger charge is 2.29. The lowest BCUT2D eigenvalue weighted by molar-refractivity contribution is -0.145. The van der Waals surface area contributed by atoms with E-state index in [0.29, 0.717) is 6.54 Å². The Hall–Kier alpha value is -1.46. The van der Waals surface area contributed by atoms with Gasteiger partial charge in [-0.25, -0.2) is 0 Å². The number of hydrogen-bond donors (Lipinski definition) is 1. The molecule has 2 heterocycles. The van der Waals surface area contributed by atoms with Gasteiger partial charge in [-0.1, -0.05) is 6.07 Å². The Kier molecular flexibility index (Phi) is 3.71. The molecule has 0 bridgehead atoms. The second kappa shape index (κ2) is 5.25. The molecule has 92 valence electrons. The third-order valence-electron chi connectivity index (χ3n) is 3.13. The van der Waals surface area contributed by atoms with Crippen molar-refractivity contribution in [1.82, 2.24) is 14.8 Å². The minimum atomic E-state index is -0.752. The number of carboxylic acids is 1. The highest BCUT2D eigenvalue weighted by molar-refractivity contribution is 5.73. The van der Waals surface area contributed by atoms with Crippen LogP contribution < -0.4 is 0 Å². The second-order valence-electron chi connectivity index (χ2n) is 4.39. The van der Waals surface area contributed by atoms with Crippen LogP contribution in [0.1, 0.15) is 5.69 Å².